The van der Waals surface area contributed by atoms with E-state index in [0.717, 1.165) is 41.6 Å². The zero-order valence-corrected chi connectivity index (χ0v) is 17.5. The van der Waals surface area contributed by atoms with Crippen molar-refractivity contribution in [2.75, 3.05) is 13.1 Å². The van der Waals surface area contributed by atoms with Gasteiger partial charge in [-0.3, -0.25) is 23.6 Å². The third-order valence-electron chi connectivity index (χ3n) is 5.73. The highest BCUT2D eigenvalue weighted by Gasteiger charge is 2.25. The van der Waals surface area contributed by atoms with Crippen molar-refractivity contribution in [3.8, 4) is 0 Å². The van der Waals surface area contributed by atoms with Gasteiger partial charge in [-0.2, -0.15) is 0 Å². The smallest absolute Gasteiger partial charge is 0.332 e. The lowest BCUT2D eigenvalue weighted by Gasteiger charge is -2.29. The number of rotatable bonds is 5. The first-order chi connectivity index (χ1) is 14.4. The van der Waals surface area contributed by atoms with E-state index in [0.29, 0.717) is 0 Å². The summed E-state index contributed by atoms with van der Waals surface area (Å²) in [6.45, 7) is 3.83. The summed E-state index contributed by atoms with van der Waals surface area (Å²) in [5.41, 5.74) is 1.79. The topological polar surface area (TPSA) is 94.2 Å². The number of aryl methyl sites for hydroxylation is 2. The van der Waals surface area contributed by atoms with Crippen LogP contribution in [-0.2, 0) is 25.4 Å². The summed E-state index contributed by atoms with van der Waals surface area (Å²) < 4.78 is 3.84. The lowest BCUT2D eigenvalue weighted by Crippen LogP contribution is -2.41. The van der Waals surface area contributed by atoms with E-state index in [1.54, 1.807) is 7.05 Å². The van der Waals surface area contributed by atoms with Gasteiger partial charge in [0.1, 0.15) is 12.7 Å². The summed E-state index contributed by atoms with van der Waals surface area (Å²) in [4.78, 5) is 44.1. The van der Waals surface area contributed by atoms with Gasteiger partial charge in [-0.25, -0.2) is 9.78 Å². The SMILES string of the molecule is Cc1ccc(C(NC(=O)Cn2cnc3c2c(=O)n(C)c(=O)n3C)N2CCCC2)cc1. The molecular weight excluding hydrogens is 384 g/mol. The summed E-state index contributed by atoms with van der Waals surface area (Å²) in [5.74, 6) is -0.220. The number of amides is 1. The van der Waals surface area contributed by atoms with Gasteiger partial charge in [-0.15, -0.1) is 0 Å². The number of benzene rings is 1. The minimum absolute atomic E-state index is 0.0554. The summed E-state index contributed by atoms with van der Waals surface area (Å²) >= 11 is 0. The molecule has 1 aromatic carbocycles. The van der Waals surface area contributed by atoms with Gasteiger partial charge in [0.05, 0.1) is 6.33 Å². The van der Waals surface area contributed by atoms with Crippen LogP contribution in [0.25, 0.3) is 11.2 Å². The second-order valence-corrected chi connectivity index (χ2v) is 7.87. The van der Waals surface area contributed by atoms with E-state index >= 15 is 0 Å². The molecular formula is C21H26N6O3. The number of nitrogens with zero attached hydrogens (tertiary/aromatic N) is 5. The standard InChI is InChI=1S/C21H26N6O3/c1-14-6-8-15(9-7-14)18(26-10-4-5-11-26)23-16(28)12-27-13-22-19-17(27)20(29)25(3)21(30)24(19)2/h6-9,13,18H,4-5,10-12H2,1-3H3,(H,23,28). The Kier molecular flexibility index (Phi) is 5.29. The second-order valence-electron chi connectivity index (χ2n) is 7.87. The Balaban J connectivity index is 1.62. The molecule has 1 N–H and O–H groups in total. The Morgan fingerprint density at radius 3 is 2.43 bits per heavy atom. The third kappa shape index (κ3) is 3.56. The highest BCUT2D eigenvalue weighted by atomic mass is 16.2. The van der Waals surface area contributed by atoms with Crippen LogP contribution in [0.4, 0.5) is 0 Å². The van der Waals surface area contributed by atoms with E-state index in [-0.39, 0.29) is 29.8 Å². The van der Waals surface area contributed by atoms with Crippen LogP contribution in [0.15, 0.2) is 40.2 Å². The average Bonchev–Trinajstić information content (AvgIpc) is 3.40. The zero-order chi connectivity index (χ0) is 21.4. The van der Waals surface area contributed by atoms with Gasteiger partial charge in [0.25, 0.3) is 5.56 Å². The van der Waals surface area contributed by atoms with E-state index in [2.05, 4.69) is 15.2 Å². The molecule has 0 saturated carbocycles. The Morgan fingerprint density at radius 1 is 1.10 bits per heavy atom. The molecule has 2 aromatic heterocycles. The number of imidazole rings is 1. The zero-order valence-electron chi connectivity index (χ0n) is 17.5. The van der Waals surface area contributed by atoms with Crippen molar-refractivity contribution >= 4 is 17.1 Å². The van der Waals surface area contributed by atoms with Crippen LogP contribution in [0.2, 0.25) is 0 Å². The molecule has 1 aliphatic rings. The molecule has 0 bridgehead atoms. The molecule has 9 nitrogen and oxygen atoms in total. The molecule has 30 heavy (non-hydrogen) atoms. The maximum Gasteiger partial charge on any atom is 0.332 e. The van der Waals surface area contributed by atoms with Crippen LogP contribution in [-0.4, -0.2) is 42.6 Å². The number of carbonyl (C=O) groups excluding carboxylic acids is 1. The molecule has 1 amide bonds. The van der Waals surface area contributed by atoms with Crippen LogP contribution in [0.3, 0.4) is 0 Å². The van der Waals surface area contributed by atoms with Crippen LogP contribution in [0.5, 0.6) is 0 Å². The Morgan fingerprint density at radius 2 is 1.77 bits per heavy atom. The predicted octanol–water partition coefficient (Wildman–Crippen LogP) is 0.653. The van der Waals surface area contributed by atoms with Crippen molar-refractivity contribution in [3.05, 3.63) is 62.6 Å². The van der Waals surface area contributed by atoms with E-state index in [9.17, 15) is 14.4 Å². The van der Waals surface area contributed by atoms with E-state index in [4.69, 9.17) is 0 Å². The van der Waals surface area contributed by atoms with Gasteiger partial charge in [-0.05, 0) is 25.3 Å². The van der Waals surface area contributed by atoms with Crippen molar-refractivity contribution in [1.82, 2.24) is 28.9 Å². The highest BCUT2D eigenvalue weighted by molar-refractivity contribution is 5.79. The fourth-order valence-electron chi connectivity index (χ4n) is 4.00. The molecule has 3 heterocycles. The molecule has 4 rings (SSSR count). The fraction of sp³-hybridized carbons (Fsp3) is 0.429. The molecule has 1 aliphatic heterocycles. The first kappa shape index (κ1) is 20.1. The third-order valence-corrected chi connectivity index (χ3v) is 5.73. The molecule has 1 saturated heterocycles. The van der Waals surface area contributed by atoms with E-state index < -0.39 is 11.2 Å². The number of fused-ring (bicyclic) bond motifs is 1. The molecule has 0 spiro atoms. The Bertz CT molecular complexity index is 1200. The van der Waals surface area contributed by atoms with Crippen molar-refractivity contribution in [2.24, 2.45) is 14.1 Å². The van der Waals surface area contributed by atoms with Gasteiger partial charge in [-0.1, -0.05) is 29.8 Å². The normalized spacial score (nSPS) is 15.6. The average molecular weight is 410 g/mol. The number of hydrogen-bond donors (Lipinski definition) is 1. The molecule has 158 valence electrons. The molecule has 1 atom stereocenters. The van der Waals surface area contributed by atoms with Gasteiger partial charge in [0.2, 0.25) is 5.91 Å². The number of likely N-dealkylation sites (tertiary alicyclic amines) is 1. The van der Waals surface area contributed by atoms with Crippen LogP contribution >= 0.6 is 0 Å². The monoisotopic (exact) mass is 410 g/mol. The largest absolute Gasteiger partial charge is 0.335 e. The predicted molar refractivity (Wildman–Crippen MR) is 113 cm³/mol. The molecule has 3 aromatic rings. The fourth-order valence-corrected chi connectivity index (χ4v) is 4.00. The first-order valence-electron chi connectivity index (χ1n) is 10.1. The number of aromatic nitrogens is 4. The van der Waals surface area contributed by atoms with Crippen molar-refractivity contribution in [3.63, 3.8) is 0 Å². The van der Waals surface area contributed by atoms with Gasteiger partial charge >= 0.3 is 5.69 Å². The molecule has 9 heteroatoms. The summed E-state index contributed by atoms with van der Waals surface area (Å²) in [5, 5.41) is 3.12. The molecule has 1 fully saturated rings. The molecule has 0 radical (unpaired) electrons. The van der Waals surface area contributed by atoms with Gasteiger partial charge in [0, 0.05) is 27.2 Å². The number of nitrogens with one attached hydrogen (secondary N) is 1. The second kappa shape index (κ2) is 7.91. The minimum Gasteiger partial charge on any atom is -0.335 e. The molecule has 1 unspecified atom stereocenters. The lowest BCUT2D eigenvalue weighted by molar-refractivity contribution is -0.123. The van der Waals surface area contributed by atoms with Crippen molar-refractivity contribution < 1.29 is 4.79 Å². The van der Waals surface area contributed by atoms with Gasteiger partial charge < -0.3 is 9.88 Å². The summed E-state index contributed by atoms with van der Waals surface area (Å²) in [7, 11) is 2.98. The Hall–Kier alpha value is -3.20. The quantitative estimate of drug-likeness (QED) is 0.667. The van der Waals surface area contributed by atoms with Crippen LogP contribution in [0.1, 0.15) is 30.1 Å². The van der Waals surface area contributed by atoms with Gasteiger partial charge in [0.15, 0.2) is 11.2 Å². The molecule has 0 aliphatic carbocycles. The lowest BCUT2D eigenvalue weighted by atomic mass is 10.1. The highest BCUT2D eigenvalue weighted by Crippen LogP contribution is 2.23. The summed E-state index contributed by atoms with van der Waals surface area (Å²) in [6.07, 6.45) is 3.42. The minimum atomic E-state index is -0.465. The maximum absolute atomic E-state index is 12.9. The maximum atomic E-state index is 12.9. The van der Waals surface area contributed by atoms with Crippen LogP contribution in [0, 0.1) is 6.92 Å². The van der Waals surface area contributed by atoms with E-state index in [1.807, 2.05) is 31.2 Å². The van der Waals surface area contributed by atoms with E-state index in [1.165, 1.54) is 22.5 Å². The Labute approximate surface area is 173 Å². The number of hydrogen-bond acceptors (Lipinski definition) is 5. The number of carbonyl (C=O) groups is 1. The van der Waals surface area contributed by atoms with Crippen molar-refractivity contribution in [2.45, 2.75) is 32.5 Å². The summed E-state index contributed by atoms with van der Waals surface area (Å²) in [6, 6.07) is 8.16. The van der Waals surface area contributed by atoms with Crippen LogP contribution < -0.4 is 16.6 Å². The van der Waals surface area contributed by atoms with Crippen molar-refractivity contribution in [1.29, 1.82) is 0 Å². The first-order valence-corrected chi connectivity index (χ1v) is 10.1.